The summed E-state index contributed by atoms with van der Waals surface area (Å²) < 4.78 is 10.3. The van der Waals surface area contributed by atoms with Crippen LogP contribution in [0.5, 0.6) is 5.75 Å². The first-order valence-corrected chi connectivity index (χ1v) is 7.57. The Morgan fingerprint density at radius 3 is 2.83 bits per heavy atom. The number of hydrogen-bond donors (Lipinski definition) is 1. The lowest BCUT2D eigenvalue weighted by Gasteiger charge is -2.17. The summed E-state index contributed by atoms with van der Waals surface area (Å²) in [5, 5.41) is 3.11. The second-order valence-electron chi connectivity index (χ2n) is 5.47. The third-order valence-electron chi connectivity index (χ3n) is 3.68. The van der Waals surface area contributed by atoms with E-state index in [1.165, 1.54) is 6.08 Å². The molecule has 124 valence electrons. The molecule has 2 rings (SSSR count). The number of benzene rings is 1. The van der Waals surface area contributed by atoms with Crippen LogP contribution in [0.15, 0.2) is 43.0 Å². The molecule has 1 saturated heterocycles. The van der Waals surface area contributed by atoms with Crippen molar-refractivity contribution in [1.82, 2.24) is 10.2 Å². The maximum atomic E-state index is 12.3. The van der Waals surface area contributed by atoms with Crippen molar-refractivity contribution in [2.75, 3.05) is 26.7 Å². The van der Waals surface area contributed by atoms with E-state index in [9.17, 15) is 9.59 Å². The minimum absolute atomic E-state index is 0.0459. The standard InChI is InChI=1S/C17H22N2O4/c1-3-9-22-16(20)11-18-13-10-15(19(2)12-13)17(21)23-14-7-5-4-6-8-14/h3-8,13,15,18H,1,9-12H2,2H3. The van der Waals surface area contributed by atoms with Crippen LogP contribution >= 0.6 is 0 Å². The first kappa shape index (κ1) is 17.2. The molecular weight excluding hydrogens is 296 g/mol. The van der Waals surface area contributed by atoms with Crippen LogP contribution in [0.3, 0.4) is 0 Å². The lowest BCUT2D eigenvalue weighted by atomic mass is 10.1. The molecule has 6 heteroatoms. The summed E-state index contributed by atoms with van der Waals surface area (Å²) in [6.07, 6.45) is 2.12. The molecule has 0 spiro atoms. The van der Waals surface area contributed by atoms with Gasteiger partial charge in [0.25, 0.3) is 0 Å². The second kappa shape index (κ2) is 8.45. The zero-order valence-corrected chi connectivity index (χ0v) is 13.2. The third-order valence-corrected chi connectivity index (χ3v) is 3.68. The van der Waals surface area contributed by atoms with Crippen LogP contribution < -0.4 is 10.1 Å². The number of nitrogens with zero attached hydrogens (tertiary/aromatic N) is 1. The van der Waals surface area contributed by atoms with E-state index in [1.54, 1.807) is 12.1 Å². The van der Waals surface area contributed by atoms with Crippen LogP contribution in [0.1, 0.15) is 6.42 Å². The molecule has 23 heavy (non-hydrogen) atoms. The molecule has 0 saturated carbocycles. The van der Waals surface area contributed by atoms with E-state index in [4.69, 9.17) is 9.47 Å². The molecule has 0 amide bonds. The fourth-order valence-corrected chi connectivity index (χ4v) is 2.53. The smallest absolute Gasteiger partial charge is 0.328 e. The van der Waals surface area contributed by atoms with Crippen molar-refractivity contribution in [3.8, 4) is 5.75 Å². The Morgan fingerprint density at radius 1 is 1.39 bits per heavy atom. The van der Waals surface area contributed by atoms with Gasteiger partial charge in [0.1, 0.15) is 18.4 Å². The number of likely N-dealkylation sites (N-methyl/N-ethyl adjacent to an activating group) is 1. The molecule has 0 bridgehead atoms. The van der Waals surface area contributed by atoms with E-state index in [2.05, 4.69) is 11.9 Å². The number of para-hydroxylation sites is 1. The first-order valence-electron chi connectivity index (χ1n) is 7.57. The molecule has 2 atom stereocenters. The molecule has 0 aliphatic carbocycles. The average Bonchev–Trinajstić information content (AvgIpc) is 2.93. The largest absolute Gasteiger partial charge is 0.461 e. The number of hydrogen-bond acceptors (Lipinski definition) is 6. The Labute approximate surface area is 136 Å². The van der Waals surface area contributed by atoms with Crippen LogP contribution in [-0.4, -0.2) is 55.7 Å². The Morgan fingerprint density at radius 2 is 2.13 bits per heavy atom. The lowest BCUT2D eigenvalue weighted by Crippen LogP contribution is -2.36. The molecule has 1 aliphatic heterocycles. The van der Waals surface area contributed by atoms with Gasteiger partial charge in [0, 0.05) is 12.6 Å². The van der Waals surface area contributed by atoms with Crippen molar-refractivity contribution < 1.29 is 19.1 Å². The van der Waals surface area contributed by atoms with E-state index in [-0.39, 0.29) is 37.2 Å². The maximum Gasteiger partial charge on any atom is 0.328 e. The van der Waals surface area contributed by atoms with Crippen molar-refractivity contribution in [2.24, 2.45) is 0 Å². The van der Waals surface area contributed by atoms with Crippen LogP contribution in [0, 0.1) is 0 Å². The van der Waals surface area contributed by atoms with Gasteiger partial charge in [0.05, 0.1) is 6.54 Å². The van der Waals surface area contributed by atoms with Crippen molar-refractivity contribution in [1.29, 1.82) is 0 Å². The van der Waals surface area contributed by atoms with Crippen molar-refractivity contribution in [3.05, 3.63) is 43.0 Å². The van der Waals surface area contributed by atoms with Crippen LogP contribution in [0.4, 0.5) is 0 Å². The minimum atomic E-state index is -0.331. The van der Waals surface area contributed by atoms with Crippen molar-refractivity contribution in [3.63, 3.8) is 0 Å². The van der Waals surface area contributed by atoms with E-state index in [1.807, 2.05) is 30.1 Å². The van der Waals surface area contributed by atoms with Gasteiger partial charge in [0.2, 0.25) is 0 Å². The maximum absolute atomic E-state index is 12.3. The number of nitrogens with one attached hydrogen (secondary N) is 1. The van der Waals surface area contributed by atoms with Gasteiger partial charge < -0.3 is 14.8 Å². The van der Waals surface area contributed by atoms with E-state index >= 15 is 0 Å². The lowest BCUT2D eigenvalue weighted by molar-refractivity contribution is -0.141. The Hall–Kier alpha value is -2.18. The quantitative estimate of drug-likeness (QED) is 0.459. The molecule has 6 nitrogen and oxygen atoms in total. The summed E-state index contributed by atoms with van der Waals surface area (Å²) in [4.78, 5) is 25.6. The highest BCUT2D eigenvalue weighted by Crippen LogP contribution is 2.19. The SMILES string of the molecule is C=CCOC(=O)CNC1CC(C(=O)Oc2ccccc2)N(C)C1. The summed E-state index contributed by atoms with van der Waals surface area (Å²) in [5.41, 5.74) is 0. The summed E-state index contributed by atoms with van der Waals surface area (Å²) >= 11 is 0. The van der Waals surface area contributed by atoms with Gasteiger partial charge in [-0.2, -0.15) is 0 Å². The van der Waals surface area contributed by atoms with Crippen LogP contribution in [0.2, 0.25) is 0 Å². The molecule has 1 N–H and O–H groups in total. The predicted octanol–water partition coefficient (Wildman–Crippen LogP) is 0.983. The zero-order chi connectivity index (χ0) is 16.7. The van der Waals surface area contributed by atoms with E-state index in [0.29, 0.717) is 18.7 Å². The fourth-order valence-electron chi connectivity index (χ4n) is 2.53. The number of ether oxygens (including phenoxy) is 2. The van der Waals surface area contributed by atoms with E-state index < -0.39 is 0 Å². The minimum Gasteiger partial charge on any atom is -0.461 e. The van der Waals surface area contributed by atoms with Crippen LogP contribution in [0.25, 0.3) is 0 Å². The first-order chi connectivity index (χ1) is 11.1. The van der Waals surface area contributed by atoms with Crippen molar-refractivity contribution in [2.45, 2.75) is 18.5 Å². The molecule has 0 aromatic heterocycles. The van der Waals surface area contributed by atoms with Gasteiger partial charge >= 0.3 is 11.9 Å². The third kappa shape index (κ3) is 5.19. The molecule has 1 heterocycles. The van der Waals surface area contributed by atoms with Gasteiger partial charge in [-0.05, 0) is 25.6 Å². The van der Waals surface area contributed by atoms with Gasteiger partial charge in [-0.3, -0.25) is 9.69 Å². The highest BCUT2D eigenvalue weighted by Gasteiger charge is 2.35. The molecule has 1 fully saturated rings. The Bertz CT molecular complexity index is 547. The molecule has 2 unspecified atom stereocenters. The number of carbonyl (C=O) groups is 2. The predicted molar refractivity (Wildman–Crippen MR) is 86.1 cm³/mol. The Balaban J connectivity index is 1.80. The molecular formula is C17H22N2O4. The molecule has 1 aliphatic rings. The van der Waals surface area contributed by atoms with Crippen molar-refractivity contribution >= 4 is 11.9 Å². The summed E-state index contributed by atoms with van der Waals surface area (Å²) in [7, 11) is 1.87. The van der Waals surface area contributed by atoms with Gasteiger partial charge in [-0.1, -0.05) is 30.9 Å². The van der Waals surface area contributed by atoms with Crippen LogP contribution in [-0.2, 0) is 14.3 Å². The van der Waals surface area contributed by atoms with Gasteiger partial charge in [0.15, 0.2) is 0 Å². The fraction of sp³-hybridized carbons (Fsp3) is 0.412. The molecule has 1 aromatic rings. The van der Waals surface area contributed by atoms with E-state index in [0.717, 1.165) is 0 Å². The highest BCUT2D eigenvalue weighted by atomic mass is 16.5. The second-order valence-corrected chi connectivity index (χ2v) is 5.47. The molecule has 1 aromatic carbocycles. The molecule has 0 radical (unpaired) electrons. The number of rotatable bonds is 7. The number of esters is 2. The summed E-state index contributed by atoms with van der Waals surface area (Å²) in [6, 6.07) is 8.72. The number of likely N-dealkylation sites (tertiary alicyclic amines) is 1. The number of carbonyl (C=O) groups excluding carboxylic acids is 2. The normalized spacial score (nSPS) is 20.9. The van der Waals surface area contributed by atoms with Gasteiger partial charge in [-0.15, -0.1) is 0 Å². The Kier molecular flexibility index (Phi) is 6.31. The highest BCUT2D eigenvalue weighted by molar-refractivity contribution is 5.78. The summed E-state index contributed by atoms with van der Waals surface area (Å²) in [6.45, 7) is 4.48. The topological polar surface area (TPSA) is 67.9 Å². The monoisotopic (exact) mass is 318 g/mol. The average molecular weight is 318 g/mol. The zero-order valence-electron chi connectivity index (χ0n) is 13.2. The summed E-state index contributed by atoms with van der Waals surface area (Å²) in [5.74, 6) is -0.0737. The van der Waals surface area contributed by atoms with Gasteiger partial charge in [-0.25, -0.2) is 4.79 Å².